The maximum atomic E-state index is 11.8. The van der Waals surface area contributed by atoms with Crippen LogP contribution in [0.3, 0.4) is 0 Å². The average molecular weight is 285 g/mol. The number of carbonyl (C=O) groups is 1. The van der Waals surface area contributed by atoms with Crippen LogP contribution in [-0.2, 0) is 11.2 Å². The molecule has 2 N–H and O–H groups in total. The maximum absolute atomic E-state index is 11.8. The van der Waals surface area contributed by atoms with E-state index in [4.69, 9.17) is 15.2 Å². The number of benzene rings is 2. The largest absolute Gasteiger partial charge is 0.497 e. The summed E-state index contributed by atoms with van der Waals surface area (Å²) in [5, 5.41) is 0. The molecule has 0 aliphatic carbocycles. The first-order chi connectivity index (χ1) is 10.1. The zero-order chi connectivity index (χ0) is 15.2. The van der Waals surface area contributed by atoms with Crippen molar-refractivity contribution in [2.75, 3.05) is 14.2 Å². The van der Waals surface area contributed by atoms with Crippen molar-refractivity contribution in [1.82, 2.24) is 0 Å². The van der Waals surface area contributed by atoms with Crippen LogP contribution in [0.4, 0.5) is 0 Å². The minimum absolute atomic E-state index is 0.367. The molecule has 4 nitrogen and oxygen atoms in total. The molecule has 0 aromatic heterocycles. The number of amides is 1. The second-order valence-corrected chi connectivity index (χ2v) is 4.79. The Bertz CT molecular complexity index is 588. The van der Waals surface area contributed by atoms with Gasteiger partial charge >= 0.3 is 0 Å². The van der Waals surface area contributed by atoms with Gasteiger partial charge in [-0.1, -0.05) is 30.3 Å². The van der Waals surface area contributed by atoms with Crippen LogP contribution >= 0.6 is 0 Å². The first-order valence-corrected chi connectivity index (χ1v) is 6.70. The predicted molar refractivity (Wildman–Crippen MR) is 81.6 cm³/mol. The average Bonchev–Trinajstić information content (AvgIpc) is 2.52. The minimum Gasteiger partial charge on any atom is -0.497 e. The monoisotopic (exact) mass is 285 g/mol. The quantitative estimate of drug-likeness (QED) is 0.887. The summed E-state index contributed by atoms with van der Waals surface area (Å²) in [6.45, 7) is 0. The fourth-order valence-corrected chi connectivity index (χ4v) is 2.26. The van der Waals surface area contributed by atoms with Crippen molar-refractivity contribution in [1.29, 1.82) is 0 Å². The number of hydrogen-bond acceptors (Lipinski definition) is 3. The summed E-state index contributed by atoms with van der Waals surface area (Å²) >= 11 is 0. The normalized spacial score (nSPS) is 11.7. The summed E-state index contributed by atoms with van der Waals surface area (Å²) in [5.74, 6) is 0.498. The number of ether oxygens (including phenoxy) is 2. The van der Waals surface area contributed by atoms with E-state index in [0.717, 1.165) is 11.1 Å². The highest BCUT2D eigenvalue weighted by Gasteiger charge is 2.20. The molecule has 4 heteroatoms. The van der Waals surface area contributed by atoms with Crippen molar-refractivity contribution in [3.63, 3.8) is 0 Å². The molecule has 0 aliphatic rings. The van der Waals surface area contributed by atoms with Crippen molar-refractivity contribution in [3.05, 3.63) is 59.7 Å². The lowest BCUT2D eigenvalue weighted by Crippen LogP contribution is -2.23. The molecular weight excluding hydrogens is 266 g/mol. The summed E-state index contributed by atoms with van der Waals surface area (Å²) in [5.41, 5.74) is 7.43. The van der Waals surface area contributed by atoms with Crippen molar-refractivity contribution >= 4 is 5.91 Å². The third-order valence-electron chi connectivity index (χ3n) is 3.40. The van der Waals surface area contributed by atoms with Crippen LogP contribution < -0.4 is 15.2 Å². The van der Waals surface area contributed by atoms with Crippen molar-refractivity contribution in [2.24, 2.45) is 5.73 Å². The molecule has 1 amide bonds. The van der Waals surface area contributed by atoms with Gasteiger partial charge in [0, 0.05) is 6.07 Å². The van der Waals surface area contributed by atoms with Crippen LogP contribution in [0.1, 0.15) is 17.0 Å². The molecule has 2 rings (SSSR count). The third-order valence-corrected chi connectivity index (χ3v) is 3.40. The first-order valence-electron chi connectivity index (χ1n) is 6.70. The van der Waals surface area contributed by atoms with E-state index in [1.807, 2.05) is 42.5 Å². The second kappa shape index (κ2) is 6.79. The Kier molecular flexibility index (Phi) is 4.82. The van der Waals surface area contributed by atoms with Crippen LogP contribution in [0.25, 0.3) is 0 Å². The lowest BCUT2D eigenvalue weighted by molar-refractivity contribution is -0.119. The number of hydrogen-bond donors (Lipinski definition) is 1. The number of methoxy groups -OCH3 is 2. The molecule has 2 aromatic carbocycles. The van der Waals surface area contributed by atoms with E-state index in [1.54, 1.807) is 20.3 Å². The van der Waals surface area contributed by atoms with Gasteiger partial charge in [0.05, 0.1) is 20.1 Å². The number of nitrogens with two attached hydrogens (primary N) is 1. The van der Waals surface area contributed by atoms with Gasteiger partial charge in [0.1, 0.15) is 11.5 Å². The molecule has 1 atom stereocenters. The predicted octanol–water partition coefficient (Wildman–Crippen LogP) is 2.52. The summed E-state index contributed by atoms with van der Waals surface area (Å²) in [6.07, 6.45) is 0.548. The Morgan fingerprint density at radius 1 is 1.05 bits per heavy atom. The molecule has 0 spiro atoms. The van der Waals surface area contributed by atoms with Gasteiger partial charge in [-0.3, -0.25) is 4.79 Å². The molecule has 2 aromatic rings. The van der Waals surface area contributed by atoms with Gasteiger partial charge in [0.25, 0.3) is 0 Å². The van der Waals surface area contributed by atoms with Crippen LogP contribution in [0.5, 0.6) is 11.5 Å². The highest BCUT2D eigenvalue weighted by atomic mass is 16.5. The SMILES string of the molecule is COc1cc(OC)cc(C(Cc2ccccc2)C(N)=O)c1. The minimum atomic E-state index is -0.420. The Morgan fingerprint density at radius 3 is 2.10 bits per heavy atom. The molecule has 110 valence electrons. The van der Waals surface area contributed by atoms with Crippen LogP contribution in [-0.4, -0.2) is 20.1 Å². The van der Waals surface area contributed by atoms with E-state index in [2.05, 4.69) is 0 Å². The molecule has 0 saturated heterocycles. The van der Waals surface area contributed by atoms with Gasteiger partial charge in [0.2, 0.25) is 5.91 Å². The van der Waals surface area contributed by atoms with Crippen molar-refractivity contribution in [2.45, 2.75) is 12.3 Å². The number of carbonyl (C=O) groups excluding carboxylic acids is 1. The van der Waals surface area contributed by atoms with Gasteiger partial charge in [0.15, 0.2) is 0 Å². The van der Waals surface area contributed by atoms with Crippen LogP contribution in [0.15, 0.2) is 48.5 Å². The zero-order valence-corrected chi connectivity index (χ0v) is 12.2. The van der Waals surface area contributed by atoms with E-state index in [9.17, 15) is 4.79 Å². The Balaban J connectivity index is 2.36. The van der Waals surface area contributed by atoms with E-state index < -0.39 is 5.92 Å². The van der Waals surface area contributed by atoms with Gasteiger partial charge in [-0.25, -0.2) is 0 Å². The lowest BCUT2D eigenvalue weighted by atomic mass is 9.91. The Labute approximate surface area is 124 Å². The zero-order valence-electron chi connectivity index (χ0n) is 12.2. The van der Waals surface area contributed by atoms with Crippen LogP contribution in [0.2, 0.25) is 0 Å². The van der Waals surface area contributed by atoms with Gasteiger partial charge < -0.3 is 15.2 Å². The molecule has 0 bridgehead atoms. The summed E-state index contributed by atoms with van der Waals surface area (Å²) in [6, 6.07) is 15.2. The summed E-state index contributed by atoms with van der Waals surface area (Å²) in [7, 11) is 3.16. The second-order valence-electron chi connectivity index (χ2n) is 4.79. The van der Waals surface area contributed by atoms with E-state index in [-0.39, 0.29) is 5.91 Å². The summed E-state index contributed by atoms with van der Waals surface area (Å²) < 4.78 is 10.5. The number of rotatable bonds is 6. The fraction of sp³-hybridized carbons (Fsp3) is 0.235. The smallest absolute Gasteiger partial charge is 0.225 e. The van der Waals surface area contributed by atoms with Gasteiger partial charge in [-0.05, 0) is 29.7 Å². The van der Waals surface area contributed by atoms with Crippen molar-refractivity contribution in [3.8, 4) is 11.5 Å². The van der Waals surface area contributed by atoms with Gasteiger partial charge in [-0.15, -0.1) is 0 Å². The van der Waals surface area contributed by atoms with Gasteiger partial charge in [-0.2, -0.15) is 0 Å². The summed E-state index contributed by atoms with van der Waals surface area (Å²) in [4.78, 5) is 11.8. The van der Waals surface area contributed by atoms with E-state index in [1.165, 1.54) is 0 Å². The fourth-order valence-electron chi connectivity index (χ4n) is 2.26. The van der Waals surface area contributed by atoms with Crippen molar-refractivity contribution < 1.29 is 14.3 Å². The number of primary amides is 1. The first kappa shape index (κ1) is 14.9. The molecule has 0 radical (unpaired) electrons. The Morgan fingerprint density at radius 2 is 1.62 bits per heavy atom. The highest BCUT2D eigenvalue weighted by molar-refractivity contribution is 5.82. The van der Waals surface area contributed by atoms with Crippen LogP contribution in [0, 0.1) is 0 Å². The molecule has 0 saturated carbocycles. The van der Waals surface area contributed by atoms with E-state index >= 15 is 0 Å². The maximum Gasteiger partial charge on any atom is 0.225 e. The molecule has 0 fully saturated rings. The third kappa shape index (κ3) is 3.75. The lowest BCUT2D eigenvalue weighted by Gasteiger charge is -2.16. The topological polar surface area (TPSA) is 61.6 Å². The molecular formula is C17H19NO3. The van der Waals surface area contributed by atoms with E-state index in [0.29, 0.717) is 17.9 Å². The molecule has 0 aliphatic heterocycles. The standard InChI is InChI=1S/C17H19NO3/c1-20-14-9-13(10-15(11-14)21-2)16(17(18)19)8-12-6-4-3-5-7-12/h3-7,9-11,16H,8H2,1-2H3,(H2,18,19). The molecule has 0 heterocycles. The highest BCUT2D eigenvalue weighted by Crippen LogP contribution is 2.29. The molecule has 1 unspecified atom stereocenters. The Hall–Kier alpha value is -2.49. The molecule has 21 heavy (non-hydrogen) atoms.